The first-order chi connectivity index (χ1) is 10.3. The normalized spacial score (nSPS) is 56.9. The molecular weight excluding hydrogens is 272 g/mol. The second-order valence-electron chi connectivity index (χ2n) is 9.02. The Morgan fingerprint density at radius 3 is 2.59 bits per heavy atom. The van der Waals surface area contributed by atoms with E-state index in [-0.39, 0.29) is 16.9 Å². The van der Waals surface area contributed by atoms with Gasteiger partial charge in [-0.25, -0.2) is 0 Å². The maximum atomic E-state index is 10.9. The molecule has 4 aliphatic carbocycles. The zero-order valence-corrected chi connectivity index (χ0v) is 14.2. The molecule has 0 aromatic carbocycles. The van der Waals surface area contributed by atoms with Gasteiger partial charge < -0.3 is 10.2 Å². The molecule has 2 fully saturated rings. The van der Waals surface area contributed by atoms with Crippen LogP contribution in [0.5, 0.6) is 0 Å². The summed E-state index contributed by atoms with van der Waals surface area (Å²) in [6, 6.07) is 0. The quantitative estimate of drug-likeness (QED) is 0.668. The molecule has 0 amide bonds. The van der Waals surface area contributed by atoms with Crippen molar-refractivity contribution in [3.05, 3.63) is 23.8 Å². The van der Waals surface area contributed by atoms with Crippen LogP contribution in [0.25, 0.3) is 0 Å². The van der Waals surface area contributed by atoms with Gasteiger partial charge >= 0.3 is 0 Å². The van der Waals surface area contributed by atoms with Crippen LogP contribution in [0.2, 0.25) is 0 Å². The highest BCUT2D eigenvalue weighted by Crippen LogP contribution is 2.66. The van der Waals surface area contributed by atoms with Gasteiger partial charge in [0, 0.05) is 5.41 Å². The standard InChI is InChI=1S/C20H30O2/c1-18-9-6-14(21)12-13(18)4-5-15-16(18)7-10-19(2)17(15)8-11-20(19,3)22/h4,6,9,14-17,21-22H,5,7-8,10-12H2,1-3H3. The molecule has 2 heteroatoms. The molecule has 2 nitrogen and oxygen atoms in total. The predicted molar refractivity (Wildman–Crippen MR) is 88.2 cm³/mol. The number of rotatable bonds is 0. The first-order valence-electron chi connectivity index (χ1n) is 9.07. The molecule has 0 spiro atoms. The molecule has 0 aromatic rings. The number of allylic oxidation sites excluding steroid dienone is 2. The third-order valence-electron chi connectivity index (χ3n) is 8.19. The van der Waals surface area contributed by atoms with E-state index in [0.717, 1.165) is 25.7 Å². The molecule has 122 valence electrons. The lowest BCUT2D eigenvalue weighted by molar-refractivity contribution is -0.107. The lowest BCUT2D eigenvalue weighted by atomic mass is 9.48. The Morgan fingerprint density at radius 2 is 1.82 bits per heavy atom. The Balaban J connectivity index is 1.72. The van der Waals surface area contributed by atoms with Crippen molar-refractivity contribution in [1.82, 2.24) is 0 Å². The van der Waals surface area contributed by atoms with Crippen LogP contribution in [0.1, 0.15) is 59.3 Å². The van der Waals surface area contributed by atoms with E-state index in [0.29, 0.717) is 17.8 Å². The van der Waals surface area contributed by atoms with Crippen molar-refractivity contribution in [3.63, 3.8) is 0 Å². The van der Waals surface area contributed by atoms with Gasteiger partial charge in [0.2, 0.25) is 0 Å². The highest BCUT2D eigenvalue weighted by atomic mass is 16.3. The molecule has 4 rings (SSSR count). The van der Waals surface area contributed by atoms with Gasteiger partial charge in [-0.2, -0.15) is 0 Å². The van der Waals surface area contributed by atoms with Crippen molar-refractivity contribution >= 4 is 0 Å². The molecule has 2 N–H and O–H groups in total. The minimum Gasteiger partial charge on any atom is -0.390 e. The average molecular weight is 302 g/mol. The fourth-order valence-corrected chi connectivity index (χ4v) is 6.48. The summed E-state index contributed by atoms with van der Waals surface area (Å²) in [6.07, 6.45) is 12.9. The van der Waals surface area contributed by atoms with Crippen molar-refractivity contribution in [2.24, 2.45) is 28.6 Å². The van der Waals surface area contributed by atoms with Gasteiger partial charge in [0.25, 0.3) is 0 Å². The molecule has 0 aromatic heterocycles. The molecule has 0 aliphatic heterocycles. The van der Waals surface area contributed by atoms with E-state index in [4.69, 9.17) is 0 Å². The lowest BCUT2D eigenvalue weighted by Crippen LogP contribution is -2.53. The van der Waals surface area contributed by atoms with Gasteiger partial charge in [0.15, 0.2) is 0 Å². The fraction of sp³-hybridized carbons (Fsp3) is 0.800. The van der Waals surface area contributed by atoms with Crippen LogP contribution in [0.3, 0.4) is 0 Å². The van der Waals surface area contributed by atoms with Gasteiger partial charge in [-0.3, -0.25) is 0 Å². The molecule has 2 saturated carbocycles. The van der Waals surface area contributed by atoms with Crippen LogP contribution in [-0.2, 0) is 0 Å². The lowest BCUT2D eigenvalue weighted by Gasteiger charge is -2.57. The van der Waals surface area contributed by atoms with Crippen LogP contribution >= 0.6 is 0 Å². The summed E-state index contributed by atoms with van der Waals surface area (Å²) in [6.45, 7) is 6.78. The van der Waals surface area contributed by atoms with Crippen LogP contribution < -0.4 is 0 Å². The van der Waals surface area contributed by atoms with Crippen molar-refractivity contribution < 1.29 is 10.2 Å². The minimum atomic E-state index is -0.494. The Labute approximate surface area is 134 Å². The van der Waals surface area contributed by atoms with E-state index in [9.17, 15) is 10.2 Å². The number of fused-ring (bicyclic) bond motifs is 5. The summed E-state index contributed by atoms with van der Waals surface area (Å²) in [4.78, 5) is 0. The smallest absolute Gasteiger partial charge is 0.0758 e. The number of aliphatic hydroxyl groups is 2. The van der Waals surface area contributed by atoms with E-state index in [1.807, 2.05) is 6.08 Å². The van der Waals surface area contributed by atoms with Crippen LogP contribution in [0.15, 0.2) is 23.8 Å². The zero-order chi connectivity index (χ0) is 15.8. The fourth-order valence-electron chi connectivity index (χ4n) is 6.48. The number of hydrogen-bond acceptors (Lipinski definition) is 2. The number of hydrogen-bond donors (Lipinski definition) is 2. The van der Waals surface area contributed by atoms with Crippen molar-refractivity contribution in [3.8, 4) is 0 Å². The summed E-state index contributed by atoms with van der Waals surface area (Å²) in [5, 5.41) is 20.9. The van der Waals surface area contributed by atoms with Crippen LogP contribution in [0, 0.1) is 28.6 Å². The van der Waals surface area contributed by atoms with E-state index in [2.05, 4.69) is 32.9 Å². The van der Waals surface area contributed by atoms with E-state index < -0.39 is 5.60 Å². The first kappa shape index (κ1) is 15.0. The molecule has 4 aliphatic rings. The van der Waals surface area contributed by atoms with Crippen LogP contribution in [-0.4, -0.2) is 21.9 Å². The molecule has 7 unspecified atom stereocenters. The predicted octanol–water partition coefficient (Wildman–Crippen LogP) is 3.84. The van der Waals surface area contributed by atoms with Crippen LogP contribution in [0.4, 0.5) is 0 Å². The largest absolute Gasteiger partial charge is 0.390 e. The molecule has 0 radical (unpaired) electrons. The maximum Gasteiger partial charge on any atom is 0.0758 e. The maximum absolute atomic E-state index is 10.9. The molecule has 22 heavy (non-hydrogen) atoms. The number of aliphatic hydroxyl groups excluding tert-OH is 1. The molecular formula is C20H30O2. The topological polar surface area (TPSA) is 40.5 Å². The van der Waals surface area contributed by atoms with Gasteiger partial charge in [0.05, 0.1) is 11.7 Å². The Hall–Kier alpha value is -0.600. The van der Waals surface area contributed by atoms with Gasteiger partial charge in [-0.05, 0) is 68.6 Å². The Kier molecular flexibility index (Phi) is 3.05. The Morgan fingerprint density at radius 1 is 1.09 bits per heavy atom. The summed E-state index contributed by atoms with van der Waals surface area (Å²) >= 11 is 0. The summed E-state index contributed by atoms with van der Waals surface area (Å²) in [5.74, 6) is 2.03. The molecule has 0 saturated heterocycles. The van der Waals surface area contributed by atoms with Gasteiger partial charge in [0.1, 0.15) is 0 Å². The highest BCUT2D eigenvalue weighted by molar-refractivity contribution is 5.33. The summed E-state index contributed by atoms with van der Waals surface area (Å²) < 4.78 is 0. The summed E-state index contributed by atoms with van der Waals surface area (Å²) in [5.41, 5.74) is 1.19. The third-order valence-corrected chi connectivity index (χ3v) is 8.19. The second-order valence-corrected chi connectivity index (χ2v) is 9.02. The third kappa shape index (κ3) is 1.74. The van der Waals surface area contributed by atoms with E-state index in [1.165, 1.54) is 18.4 Å². The van der Waals surface area contributed by atoms with E-state index in [1.54, 1.807) is 0 Å². The first-order valence-corrected chi connectivity index (χ1v) is 9.07. The van der Waals surface area contributed by atoms with Crippen molar-refractivity contribution in [1.29, 1.82) is 0 Å². The molecule has 0 heterocycles. The highest BCUT2D eigenvalue weighted by Gasteiger charge is 2.61. The molecule has 0 bridgehead atoms. The second kappa shape index (κ2) is 4.48. The monoisotopic (exact) mass is 302 g/mol. The van der Waals surface area contributed by atoms with E-state index >= 15 is 0 Å². The summed E-state index contributed by atoms with van der Waals surface area (Å²) in [7, 11) is 0. The minimum absolute atomic E-state index is 0.0910. The van der Waals surface area contributed by atoms with Gasteiger partial charge in [-0.1, -0.05) is 37.6 Å². The average Bonchev–Trinajstić information content (AvgIpc) is 2.70. The Bertz CT molecular complexity index is 546. The zero-order valence-electron chi connectivity index (χ0n) is 14.2. The van der Waals surface area contributed by atoms with Crippen molar-refractivity contribution in [2.75, 3.05) is 0 Å². The van der Waals surface area contributed by atoms with Crippen molar-refractivity contribution in [2.45, 2.75) is 71.0 Å². The molecule has 7 atom stereocenters. The van der Waals surface area contributed by atoms with Gasteiger partial charge in [-0.15, -0.1) is 0 Å². The SMILES string of the molecule is CC12C=CC(O)CC1=CCC1C2CCC2(C)C1CCC2(C)O.